The average molecular weight is 486 g/mol. The van der Waals surface area contributed by atoms with E-state index in [4.69, 9.17) is 4.18 Å². The van der Waals surface area contributed by atoms with Crippen molar-refractivity contribution < 1.29 is 44.3 Å². The van der Waals surface area contributed by atoms with Gasteiger partial charge in [0, 0.05) is 0 Å². The molecule has 0 bridgehead atoms. The Bertz CT molecular complexity index is 1100. The molecule has 0 aliphatic rings. The molecule has 0 saturated heterocycles. The maximum atomic E-state index is 12.9. The van der Waals surface area contributed by atoms with Gasteiger partial charge in [-0.25, -0.2) is 0 Å². The van der Waals surface area contributed by atoms with Crippen molar-refractivity contribution in [2.24, 2.45) is 0 Å². The number of hydrogen-bond acceptors (Lipinski definition) is 7. The zero-order valence-electron chi connectivity index (χ0n) is 16.1. The molecular weight excluding hydrogens is 471 g/mol. The van der Waals surface area contributed by atoms with Crippen molar-refractivity contribution in [1.29, 1.82) is 0 Å². The number of carbonyl (C=O) groups excluding carboxylic acids is 1. The number of rotatable bonds is 9. The van der Waals surface area contributed by atoms with E-state index in [9.17, 15) is 45.3 Å². The summed E-state index contributed by atoms with van der Waals surface area (Å²) in [5.41, 5.74) is 0.225. The molecule has 0 atom stereocenters. The van der Waals surface area contributed by atoms with Gasteiger partial charge in [0.25, 0.3) is 10.1 Å². The van der Waals surface area contributed by atoms with Crippen LogP contribution < -0.4 is 5.32 Å². The summed E-state index contributed by atoms with van der Waals surface area (Å²) < 4.78 is 92.4. The fourth-order valence-corrected chi connectivity index (χ4v) is 3.13. The Morgan fingerprint density at radius 1 is 1.22 bits per heavy atom. The summed E-state index contributed by atoms with van der Waals surface area (Å²) in [6, 6.07) is 5.41. The molecule has 2 rings (SSSR count). The highest BCUT2D eigenvalue weighted by atomic mass is 32.2. The van der Waals surface area contributed by atoms with Crippen LogP contribution in [0.1, 0.15) is 11.3 Å². The first-order valence-corrected chi connectivity index (χ1v) is 9.90. The van der Waals surface area contributed by atoms with Crippen LogP contribution in [-0.2, 0) is 32.2 Å². The Hall–Kier alpha value is -3.14. The number of halogens is 5. The van der Waals surface area contributed by atoms with Crippen LogP contribution in [0.5, 0.6) is 0 Å². The van der Waals surface area contributed by atoms with Gasteiger partial charge in [0.2, 0.25) is 12.2 Å². The lowest BCUT2D eigenvalue weighted by atomic mass is 10.2. The number of amides is 1. The summed E-state index contributed by atoms with van der Waals surface area (Å²) in [7, 11) is -4.38. The van der Waals surface area contributed by atoms with Crippen LogP contribution in [0.2, 0.25) is 0 Å². The lowest BCUT2D eigenvalue weighted by molar-refractivity contribution is -0.390. The molecule has 0 radical (unpaired) electrons. The van der Waals surface area contributed by atoms with Crippen molar-refractivity contribution in [1.82, 2.24) is 14.9 Å². The van der Waals surface area contributed by atoms with Crippen molar-refractivity contribution in [2.45, 2.75) is 37.1 Å². The van der Waals surface area contributed by atoms with Gasteiger partial charge in [-0.2, -0.15) is 30.4 Å². The van der Waals surface area contributed by atoms with Gasteiger partial charge in [0.15, 0.2) is 0 Å². The number of alkyl halides is 5. The molecule has 176 valence electrons. The number of aromatic nitrogens is 2. The molecule has 1 heterocycles. The molecule has 0 spiro atoms. The first kappa shape index (κ1) is 25.1. The number of nitrogens with zero attached hydrogens (tertiary/aromatic N) is 3. The maximum absolute atomic E-state index is 12.9. The predicted octanol–water partition coefficient (Wildman–Crippen LogP) is 2.32. The van der Waals surface area contributed by atoms with Gasteiger partial charge in [-0.05, 0) is 29.0 Å². The molecule has 0 aliphatic heterocycles. The second-order valence-corrected chi connectivity index (χ2v) is 8.02. The third-order valence-electron chi connectivity index (χ3n) is 3.99. The number of carbonyl (C=O) groups is 1. The summed E-state index contributed by atoms with van der Waals surface area (Å²) in [6.07, 6.45) is -5.17. The zero-order valence-corrected chi connectivity index (χ0v) is 16.9. The normalized spacial score (nSPS) is 12.6. The van der Waals surface area contributed by atoms with Gasteiger partial charge in [0.05, 0.1) is 11.4 Å². The van der Waals surface area contributed by atoms with Crippen molar-refractivity contribution >= 4 is 21.8 Å². The van der Waals surface area contributed by atoms with E-state index in [1.165, 1.54) is 29.6 Å². The number of imidazole rings is 1. The topological polar surface area (TPSA) is 133 Å². The smallest absolute Gasteiger partial charge is 0.358 e. The second kappa shape index (κ2) is 9.15. The molecule has 0 saturated carbocycles. The summed E-state index contributed by atoms with van der Waals surface area (Å²) >= 11 is 0. The van der Waals surface area contributed by atoms with E-state index in [1.54, 1.807) is 6.92 Å². The fraction of sp³-hybridized carbons (Fsp3) is 0.375. The highest BCUT2D eigenvalue weighted by Gasteiger charge is 2.57. The molecular formula is C16H15F5N4O6S. The molecule has 2 aromatic rings. The molecule has 1 N–H and O–H groups in total. The first-order chi connectivity index (χ1) is 14.6. The highest BCUT2D eigenvalue weighted by molar-refractivity contribution is 7.86. The number of hydrogen-bond donors (Lipinski definition) is 1. The third-order valence-corrected chi connectivity index (χ3v) is 5.27. The monoisotopic (exact) mass is 486 g/mol. The lowest BCUT2D eigenvalue weighted by Gasteiger charge is -2.19. The van der Waals surface area contributed by atoms with Crippen molar-refractivity contribution in [3.8, 4) is 0 Å². The van der Waals surface area contributed by atoms with E-state index in [2.05, 4.69) is 4.98 Å². The Labute approximate surface area is 177 Å². The largest absolute Gasteiger partial charge is 0.455 e. The number of benzene rings is 1. The number of aryl methyl sites for hydroxylation is 1. The molecule has 0 unspecified atom stereocenters. The quantitative estimate of drug-likeness (QED) is 0.249. The van der Waals surface area contributed by atoms with E-state index >= 15 is 0 Å². The van der Waals surface area contributed by atoms with Crippen LogP contribution in [0.25, 0.3) is 0 Å². The standard InChI is InChI=1S/C16H15F5N4O6S/c1-10-2-4-11(5-3-10)32(29,30)31-7-12-14(25(27)28)23-9-24(12)6-13(26)22-8-15(17,18)16(19,20)21/h2-5,9H,6-8H2,1H3,(H,22,26). The Morgan fingerprint density at radius 2 is 1.81 bits per heavy atom. The Balaban J connectivity index is 2.16. The van der Waals surface area contributed by atoms with Crippen LogP contribution >= 0.6 is 0 Å². The van der Waals surface area contributed by atoms with Gasteiger partial charge < -0.3 is 15.4 Å². The van der Waals surface area contributed by atoms with Gasteiger partial charge in [-0.3, -0.25) is 13.5 Å². The molecule has 0 aliphatic carbocycles. The molecule has 0 fully saturated rings. The van der Waals surface area contributed by atoms with E-state index in [-0.39, 0.29) is 4.90 Å². The average Bonchev–Trinajstić information content (AvgIpc) is 3.07. The van der Waals surface area contributed by atoms with Crippen LogP contribution in [0.3, 0.4) is 0 Å². The second-order valence-electron chi connectivity index (χ2n) is 6.41. The van der Waals surface area contributed by atoms with E-state index in [0.717, 1.165) is 11.9 Å². The first-order valence-electron chi connectivity index (χ1n) is 8.50. The SMILES string of the molecule is Cc1ccc(S(=O)(=O)OCc2c([N+](=O)[O-])ncn2CC(=O)NCC(F)(F)C(F)(F)F)cc1. The van der Waals surface area contributed by atoms with Crippen LogP contribution in [0.15, 0.2) is 35.5 Å². The molecule has 16 heteroatoms. The highest BCUT2D eigenvalue weighted by Crippen LogP contribution is 2.34. The van der Waals surface area contributed by atoms with Gasteiger partial charge in [0.1, 0.15) is 18.8 Å². The molecule has 32 heavy (non-hydrogen) atoms. The number of nitro groups is 1. The van der Waals surface area contributed by atoms with Crippen LogP contribution in [-0.4, -0.2) is 47.4 Å². The van der Waals surface area contributed by atoms with Crippen LogP contribution in [0.4, 0.5) is 27.8 Å². The molecule has 10 nitrogen and oxygen atoms in total. The predicted molar refractivity (Wildman–Crippen MR) is 96.0 cm³/mol. The van der Waals surface area contributed by atoms with Gasteiger partial charge in [-0.1, -0.05) is 17.7 Å². The number of nitrogens with one attached hydrogen (secondary N) is 1. The van der Waals surface area contributed by atoms with Gasteiger partial charge in [-0.15, -0.1) is 0 Å². The van der Waals surface area contributed by atoms with Crippen LogP contribution in [0, 0.1) is 17.0 Å². The third kappa shape index (κ3) is 5.97. The van der Waals surface area contributed by atoms with Crippen molar-refractivity contribution in [2.75, 3.05) is 6.54 Å². The fourth-order valence-electron chi connectivity index (χ4n) is 2.26. The van der Waals surface area contributed by atoms with Crippen molar-refractivity contribution in [3.05, 3.63) is 52.0 Å². The van der Waals surface area contributed by atoms with Gasteiger partial charge >= 0.3 is 17.9 Å². The minimum absolute atomic E-state index is 0.260. The molecule has 1 amide bonds. The minimum atomic E-state index is -5.89. The van der Waals surface area contributed by atoms with E-state index in [1.807, 2.05) is 0 Å². The summed E-state index contributed by atoms with van der Waals surface area (Å²) in [4.78, 5) is 25.0. The Morgan fingerprint density at radius 3 is 2.34 bits per heavy atom. The Kier molecular flexibility index (Phi) is 7.19. The lowest BCUT2D eigenvalue weighted by Crippen LogP contribution is -2.47. The summed E-state index contributed by atoms with van der Waals surface area (Å²) in [5.74, 6) is -7.45. The summed E-state index contributed by atoms with van der Waals surface area (Å²) in [6.45, 7) is -2.27. The van der Waals surface area contributed by atoms with E-state index in [0.29, 0.717) is 4.57 Å². The maximum Gasteiger partial charge on any atom is 0.455 e. The van der Waals surface area contributed by atoms with Crippen molar-refractivity contribution in [3.63, 3.8) is 0 Å². The molecule has 1 aromatic carbocycles. The van der Waals surface area contributed by atoms with E-state index < -0.39 is 64.3 Å². The zero-order chi connectivity index (χ0) is 24.3. The minimum Gasteiger partial charge on any atom is -0.358 e. The summed E-state index contributed by atoms with van der Waals surface area (Å²) in [5, 5.41) is 12.5. The molecule has 1 aromatic heterocycles.